The molecule has 86 valence electrons. The molecule has 2 N–H and O–H groups in total. The van der Waals surface area contributed by atoms with Gasteiger partial charge in [0.15, 0.2) is 0 Å². The van der Waals surface area contributed by atoms with Crippen molar-refractivity contribution in [3.8, 4) is 0 Å². The highest BCUT2D eigenvalue weighted by molar-refractivity contribution is 7.10. The molecule has 0 radical (unpaired) electrons. The normalized spacial score (nSPS) is 13.1. The summed E-state index contributed by atoms with van der Waals surface area (Å²) in [5, 5.41) is 6.50. The minimum absolute atomic E-state index is 0.0556. The van der Waals surface area contributed by atoms with Crippen LogP contribution >= 0.6 is 11.3 Å². The van der Waals surface area contributed by atoms with Crippen LogP contribution in [0.3, 0.4) is 0 Å². The van der Waals surface area contributed by atoms with E-state index in [1.54, 1.807) is 11.3 Å². The van der Waals surface area contributed by atoms with Crippen LogP contribution in [0.25, 0.3) is 0 Å². The van der Waals surface area contributed by atoms with Gasteiger partial charge in [0, 0.05) is 23.2 Å². The topological polar surface area (TPSA) is 43.8 Å². The average Bonchev–Trinajstić information content (AvgIpc) is 2.73. The smallest absolute Gasteiger partial charge is 0.0647 e. The standard InChI is InChI=1S/C12H17N3S/c1-7-11(8(2)15(4)14-7)12(13)10-5-6-16-9(10)3/h5-6,12H,13H2,1-4H3. The second kappa shape index (κ2) is 4.03. The summed E-state index contributed by atoms with van der Waals surface area (Å²) >= 11 is 1.74. The molecule has 2 aromatic rings. The van der Waals surface area contributed by atoms with Crippen molar-refractivity contribution in [2.45, 2.75) is 26.8 Å². The predicted molar refractivity (Wildman–Crippen MR) is 67.8 cm³/mol. The van der Waals surface area contributed by atoms with Gasteiger partial charge in [0.05, 0.1) is 11.7 Å². The fourth-order valence-electron chi connectivity index (χ4n) is 2.11. The van der Waals surface area contributed by atoms with E-state index in [1.807, 2.05) is 18.7 Å². The third-order valence-electron chi connectivity index (χ3n) is 3.11. The number of thiophene rings is 1. The van der Waals surface area contributed by atoms with Crippen molar-refractivity contribution < 1.29 is 0 Å². The first-order chi connectivity index (χ1) is 7.52. The Bertz CT molecular complexity index is 510. The van der Waals surface area contributed by atoms with Gasteiger partial charge in [-0.25, -0.2) is 0 Å². The van der Waals surface area contributed by atoms with Crippen LogP contribution in [0, 0.1) is 20.8 Å². The van der Waals surface area contributed by atoms with Crippen molar-refractivity contribution in [2.24, 2.45) is 12.8 Å². The molecule has 1 unspecified atom stereocenters. The summed E-state index contributed by atoms with van der Waals surface area (Å²) in [5.41, 5.74) is 10.9. The fourth-order valence-corrected chi connectivity index (χ4v) is 2.86. The zero-order valence-corrected chi connectivity index (χ0v) is 10.9. The van der Waals surface area contributed by atoms with Crippen molar-refractivity contribution in [3.63, 3.8) is 0 Å². The van der Waals surface area contributed by atoms with Gasteiger partial charge in [0.2, 0.25) is 0 Å². The molecule has 0 fully saturated rings. The van der Waals surface area contributed by atoms with E-state index in [1.165, 1.54) is 10.4 Å². The van der Waals surface area contributed by atoms with Gasteiger partial charge < -0.3 is 5.73 Å². The molecule has 0 saturated heterocycles. The SMILES string of the molecule is Cc1nn(C)c(C)c1C(N)c1ccsc1C. The largest absolute Gasteiger partial charge is 0.320 e. The molecule has 16 heavy (non-hydrogen) atoms. The molecule has 2 aromatic heterocycles. The monoisotopic (exact) mass is 235 g/mol. The highest BCUT2D eigenvalue weighted by Crippen LogP contribution is 2.29. The van der Waals surface area contributed by atoms with Crippen molar-refractivity contribution in [1.82, 2.24) is 9.78 Å². The van der Waals surface area contributed by atoms with Gasteiger partial charge in [0.25, 0.3) is 0 Å². The molecule has 0 bridgehead atoms. The predicted octanol–water partition coefficient (Wildman–Crippen LogP) is 2.45. The van der Waals surface area contributed by atoms with Gasteiger partial charge in [-0.1, -0.05) is 0 Å². The Morgan fingerprint density at radius 3 is 2.50 bits per heavy atom. The van der Waals surface area contributed by atoms with Crippen LogP contribution in [-0.2, 0) is 7.05 Å². The Kier molecular flexibility index (Phi) is 2.86. The molecule has 0 amide bonds. The summed E-state index contributed by atoms with van der Waals surface area (Å²) in [6.07, 6.45) is 0. The molecule has 0 aliphatic carbocycles. The lowest BCUT2D eigenvalue weighted by atomic mass is 9.99. The van der Waals surface area contributed by atoms with Crippen LogP contribution in [-0.4, -0.2) is 9.78 Å². The van der Waals surface area contributed by atoms with E-state index in [2.05, 4.69) is 30.4 Å². The number of nitrogens with two attached hydrogens (primary N) is 1. The molecule has 1 atom stereocenters. The Balaban J connectivity index is 2.49. The van der Waals surface area contributed by atoms with Crippen LogP contribution in [0.15, 0.2) is 11.4 Å². The first kappa shape index (κ1) is 11.4. The Morgan fingerprint density at radius 2 is 2.06 bits per heavy atom. The maximum absolute atomic E-state index is 6.33. The lowest BCUT2D eigenvalue weighted by Gasteiger charge is -2.12. The van der Waals surface area contributed by atoms with Crippen LogP contribution in [0.4, 0.5) is 0 Å². The quantitative estimate of drug-likeness (QED) is 0.869. The lowest BCUT2D eigenvalue weighted by Crippen LogP contribution is -2.14. The maximum atomic E-state index is 6.33. The Labute approximate surface area is 99.9 Å². The highest BCUT2D eigenvalue weighted by Gasteiger charge is 2.19. The van der Waals surface area contributed by atoms with E-state index in [0.29, 0.717) is 0 Å². The third-order valence-corrected chi connectivity index (χ3v) is 3.97. The molecule has 2 rings (SSSR count). The summed E-state index contributed by atoms with van der Waals surface area (Å²) in [6.45, 7) is 6.20. The Morgan fingerprint density at radius 1 is 1.38 bits per heavy atom. The van der Waals surface area contributed by atoms with Crippen LogP contribution < -0.4 is 5.73 Å². The van der Waals surface area contributed by atoms with E-state index in [4.69, 9.17) is 5.73 Å². The Hall–Kier alpha value is -1.13. The number of nitrogens with zero attached hydrogens (tertiary/aromatic N) is 2. The molecular weight excluding hydrogens is 218 g/mol. The number of aromatic nitrogens is 2. The number of aryl methyl sites for hydroxylation is 3. The van der Waals surface area contributed by atoms with Gasteiger partial charge in [-0.05, 0) is 37.8 Å². The van der Waals surface area contributed by atoms with Gasteiger partial charge in [0.1, 0.15) is 0 Å². The van der Waals surface area contributed by atoms with E-state index < -0.39 is 0 Å². The molecule has 0 aliphatic heterocycles. The lowest BCUT2D eigenvalue weighted by molar-refractivity contribution is 0.728. The second-order valence-electron chi connectivity index (χ2n) is 4.12. The first-order valence-corrected chi connectivity index (χ1v) is 6.20. The summed E-state index contributed by atoms with van der Waals surface area (Å²) in [5.74, 6) is 0. The second-order valence-corrected chi connectivity index (χ2v) is 5.24. The molecule has 0 aliphatic rings. The van der Waals surface area contributed by atoms with Crippen LogP contribution in [0.2, 0.25) is 0 Å². The number of rotatable bonds is 2. The van der Waals surface area contributed by atoms with Crippen LogP contribution in [0.1, 0.15) is 33.4 Å². The van der Waals surface area contributed by atoms with Crippen molar-refractivity contribution in [1.29, 1.82) is 0 Å². The summed E-state index contributed by atoms with van der Waals surface area (Å²) < 4.78 is 1.90. The molecule has 0 spiro atoms. The number of hydrogen-bond donors (Lipinski definition) is 1. The fraction of sp³-hybridized carbons (Fsp3) is 0.417. The summed E-state index contributed by atoms with van der Waals surface area (Å²) in [4.78, 5) is 1.29. The number of hydrogen-bond acceptors (Lipinski definition) is 3. The van der Waals surface area contributed by atoms with E-state index in [0.717, 1.165) is 17.0 Å². The summed E-state index contributed by atoms with van der Waals surface area (Å²) in [6, 6.07) is 2.05. The molecule has 0 aromatic carbocycles. The molecule has 3 nitrogen and oxygen atoms in total. The van der Waals surface area contributed by atoms with Crippen molar-refractivity contribution in [2.75, 3.05) is 0 Å². The zero-order chi connectivity index (χ0) is 11.9. The molecule has 4 heteroatoms. The van der Waals surface area contributed by atoms with Crippen molar-refractivity contribution in [3.05, 3.63) is 38.8 Å². The van der Waals surface area contributed by atoms with Crippen LogP contribution in [0.5, 0.6) is 0 Å². The summed E-state index contributed by atoms with van der Waals surface area (Å²) in [7, 11) is 1.96. The molecule has 2 heterocycles. The highest BCUT2D eigenvalue weighted by atomic mass is 32.1. The zero-order valence-electron chi connectivity index (χ0n) is 10.1. The van der Waals surface area contributed by atoms with E-state index in [-0.39, 0.29) is 6.04 Å². The maximum Gasteiger partial charge on any atom is 0.0647 e. The van der Waals surface area contributed by atoms with Gasteiger partial charge >= 0.3 is 0 Å². The van der Waals surface area contributed by atoms with Crippen molar-refractivity contribution >= 4 is 11.3 Å². The minimum atomic E-state index is -0.0556. The average molecular weight is 235 g/mol. The molecule has 0 saturated carbocycles. The molecular formula is C12H17N3S. The van der Waals surface area contributed by atoms with Gasteiger partial charge in [-0.2, -0.15) is 5.10 Å². The van der Waals surface area contributed by atoms with E-state index in [9.17, 15) is 0 Å². The third kappa shape index (κ3) is 1.68. The minimum Gasteiger partial charge on any atom is -0.320 e. The van der Waals surface area contributed by atoms with Gasteiger partial charge in [-0.3, -0.25) is 4.68 Å². The van der Waals surface area contributed by atoms with E-state index >= 15 is 0 Å². The first-order valence-electron chi connectivity index (χ1n) is 5.32. The van der Waals surface area contributed by atoms with Gasteiger partial charge in [-0.15, -0.1) is 11.3 Å².